The molecule has 0 atom stereocenters. The minimum Gasteiger partial charge on any atom is -0.465 e. The second-order valence-corrected chi connectivity index (χ2v) is 6.51. The van der Waals surface area contributed by atoms with Crippen LogP contribution in [0, 0.1) is 19.8 Å². The summed E-state index contributed by atoms with van der Waals surface area (Å²) in [6, 6.07) is 0. The second-order valence-electron chi connectivity index (χ2n) is 5.51. The summed E-state index contributed by atoms with van der Waals surface area (Å²) in [5.74, 6) is 2.12. The molecule has 3 rings (SSSR count). The first-order chi connectivity index (χ1) is 10.1. The average Bonchev–Trinajstić information content (AvgIpc) is 3.21. The van der Waals surface area contributed by atoms with E-state index < -0.39 is 0 Å². The lowest BCUT2D eigenvalue weighted by Crippen LogP contribution is -2.06. The minimum absolute atomic E-state index is 0.308. The number of hydrogen-bond donors (Lipinski definition) is 1. The SMILES string of the molecule is COC(=O)c1sc2nc(C)nc(NCCC3CC3)c2c1C. The van der Waals surface area contributed by atoms with Crippen LogP contribution in [0.2, 0.25) is 0 Å². The fraction of sp³-hybridized carbons (Fsp3) is 0.533. The Bertz CT molecular complexity index is 692. The maximum Gasteiger partial charge on any atom is 0.348 e. The van der Waals surface area contributed by atoms with Crippen molar-refractivity contribution in [3.8, 4) is 0 Å². The largest absolute Gasteiger partial charge is 0.465 e. The van der Waals surface area contributed by atoms with Crippen LogP contribution >= 0.6 is 11.3 Å². The van der Waals surface area contributed by atoms with Crippen molar-refractivity contribution >= 4 is 33.3 Å². The lowest BCUT2D eigenvalue weighted by molar-refractivity contribution is 0.0605. The number of hydrogen-bond acceptors (Lipinski definition) is 6. The van der Waals surface area contributed by atoms with Gasteiger partial charge in [-0.05, 0) is 31.7 Å². The van der Waals surface area contributed by atoms with Crippen LogP contribution in [0.4, 0.5) is 5.82 Å². The molecule has 0 unspecified atom stereocenters. The summed E-state index contributed by atoms with van der Waals surface area (Å²) in [7, 11) is 1.40. The highest BCUT2D eigenvalue weighted by molar-refractivity contribution is 7.20. The molecule has 5 nitrogen and oxygen atoms in total. The van der Waals surface area contributed by atoms with Crippen molar-refractivity contribution in [2.24, 2.45) is 5.92 Å². The van der Waals surface area contributed by atoms with E-state index in [1.807, 2.05) is 13.8 Å². The van der Waals surface area contributed by atoms with E-state index in [9.17, 15) is 4.79 Å². The van der Waals surface area contributed by atoms with E-state index in [2.05, 4.69) is 15.3 Å². The number of nitrogens with zero attached hydrogens (tertiary/aromatic N) is 2. The number of aryl methyl sites for hydroxylation is 2. The summed E-state index contributed by atoms with van der Waals surface area (Å²) in [6.07, 6.45) is 3.88. The number of nitrogens with one attached hydrogen (secondary N) is 1. The number of carbonyl (C=O) groups excluding carboxylic acids is 1. The van der Waals surface area contributed by atoms with Crippen LogP contribution in [0.25, 0.3) is 10.2 Å². The number of methoxy groups -OCH3 is 1. The van der Waals surface area contributed by atoms with Crippen molar-refractivity contribution < 1.29 is 9.53 Å². The number of fused-ring (bicyclic) bond motifs is 1. The molecule has 1 saturated carbocycles. The van der Waals surface area contributed by atoms with Crippen LogP contribution in [-0.4, -0.2) is 29.6 Å². The summed E-state index contributed by atoms with van der Waals surface area (Å²) in [4.78, 5) is 22.2. The number of esters is 1. The Kier molecular flexibility index (Phi) is 3.80. The fourth-order valence-corrected chi connectivity index (χ4v) is 3.61. The van der Waals surface area contributed by atoms with Gasteiger partial charge in [0.15, 0.2) is 0 Å². The van der Waals surface area contributed by atoms with Gasteiger partial charge in [0, 0.05) is 6.54 Å². The fourth-order valence-electron chi connectivity index (χ4n) is 2.46. The third-order valence-electron chi connectivity index (χ3n) is 3.81. The summed E-state index contributed by atoms with van der Waals surface area (Å²) < 4.78 is 4.84. The predicted molar refractivity (Wildman–Crippen MR) is 84.1 cm³/mol. The molecule has 6 heteroatoms. The number of aromatic nitrogens is 2. The molecule has 0 amide bonds. The summed E-state index contributed by atoms with van der Waals surface area (Å²) in [5, 5.41) is 4.36. The Morgan fingerprint density at radius 2 is 2.14 bits per heavy atom. The molecule has 0 spiro atoms. The first kappa shape index (κ1) is 14.3. The first-order valence-electron chi connectivity index (χ1n) is 7.20. The van der Waals surface area contributed by atoms with Gasteiger partial charge in [0.1, 0.15) is 21.3 Å². The molecule has 0 saturated heterocycles. The Labute approximate surface area is 127 Å². The third-order valence-corrected chi connectivity index (χ3v) is 4.98. The van der Waals surface area contributed by atoms with E-state index in [1.54, 1.807) is 0 Å². The topological polar surface area (TPSA) is 64.1 Å². The molecule has 0 aromatic carbocycles. The number of carbonyl (C=O) groups is 1. The highest BCUT2D eigenvalue weighted by Crippen LogP contribution is 2.35. The average molecular weight is 305 g/mol. The number of thiophene rings is 1. The van der Waals surface area contributed by atoms with Crippen molar-refractivity contribution in [1.29, 1.82) is 0 Å². The van der Waals surface area contributed by atoms with E-state index in [0.717, 1.165) is 34.1 Å². The van der Waals surface area contributed by atoms with Crippen molar-refractivity contribution in [1.82, 2.24) is 9.97 Å². The van der Waals surface area contributed by atoms with Gasteiger partial charge in [-0.3, -0.25) is 0 Å². The summed E-state index contributed by atoms with van der Waals surface area (Å²) in [5.41, 5.74) is 0.899. The van der Waals surface area contributed by atoms with Crippen LogP contribution in [-0.2, 0) is 4.74 Å². The maximum absolute atomic E-state index is 11.8. The minimum atomic E-state index is -0.308. The van der Waals surface area contributed by atoms with Gasteiger partial charge in [-0.2, -0.15) is 0 Å². The van der Waals surface area contributed by atoms with Crippen LogP contribution in [0.5, 0.6) is 0 Å². The van der Waals surface area contributed by atoms with Gasteiger partial charge in [-0.1, -0.05) is 12.8 Å². The van der Waals surface area contributed by atoms with Crippen LogP contribution < -0.4 is 5.32 Å². The Morgan fingerprint density at radius 3 is 2.81 bits per heavy atom. The molecule has 1 N–H and O–H groups in total. The van der Waals surface area contributed by atoms with Crippen molar-refractivity contribution in [2.75, 3.05) is 19.0 Å². The Hall–Kier alpha value is -1.69. The predicted octanol–water partition coefficient (Wildman–Crippen LogP) is 3.31. The molecule has 2 aromatic rings. The van der Waals surface area contributed by atoms with Crippen LogP contribution in [0.1, 0.15) is 40.3 Å². The molecular formula is C15H19N3O2S. The Balaban J connectivity index is 1.96. The zero-order valence-electron chi connectivity index (χ0n) is 12.5. The van der Waals surface area contributed by atoms with E-state index in [-0.39, 0.29) is 5.97 Å². The monoisotopic (exact) mass is 305 g/mol. The molecule has 0 bridgehead atoms. The Morgan fingerprint density at radius 1 is 1.38 bits per heavy atom. The highest BCUT2D eigenvalue weighted by atomic mass is 32.1. The van der Waals surface area contributed by atoms with Gasteiger partial charge in [-0.25, -0.2) is 14.8 Å². The molecule has 2 aromatic heterocycles. The van der Waals surface area contributed by atoms with Gasteiger partial charge in [0.05, 0.1) is 12.5 Å². The van der Waals surface area contributed by atoms with Gasteiger partial charge in [0.25, 0.3) is 0 Å². The molecule has 1 aliphatic rings. The lowest BCUT2D eigenvalue weighted by Gasteiger charge is -2.08. The normalized spacial score (nSPS) is 14.4. The van der Waals surface area contributed by atoms with E-state index >= 15 is 0 Å². The summed E-state index contributed by atoms with van der Waals surface area (Å²) >= 11 is 1.37. The molecule has 1 fully saturated rings. The smallest absolute Gasteiger partial charge is 0.348 e. The van der Waals surface area contributed by atoms with Crippen molar-refractivity contribution in [3.63, 3.8) is 0 Å². The van der Waals surface area contributed by atoms with E-state index in [4.69, 9.17) is 4.74 Å². The maximum atomic E-state index is 11.8. The third kappa shape index (κ3) is 2.85. The molecule has 1 aliphatic carbocycles. The van der Waals surface area contributed by atoms with E-state index in [1.165, 1.54) is 37.7 Å². The van der Waals surface area contributed by atoms with Crippen molar-refractivity contribution in [3.05, 3.63) is 16.3 Å². The van der Waals surface area contributed by atoms with Gasteiger partial charge < -0.3 is 10.1 Å². The van der Waals surface area contributed by atoms with Crippen LogP contribution in [0.15, 0.2) is 0 Å². The van der Waals surface area contributed by atoms with Crippen LogP contribution in [0.3, 0.4) is 0 Å². The second kappa shape index (κ2) is 5.60. The first-order valence-corrected chi connectivity index (χ1v) is 8.01. The quantitative estimate of drug-likeness (QED) is 0.859. The number of anilines is 1. The van der Waals surface area contributed by atoms with E-state index in [0.29, 0.717) is 10.7 Å². The number of rotatable bonds is 5. The molecule has 0 radical (unpaired) electrons. The zero-order chi connectivity index (χ0) is 15.0. The molecule has 0 aliphatic heterocycles. The number of ether oxygens (including phenoxy) is 1. The van der Waals surface area contributed by atoms with Crippen molar-refractivity contribution in [2.45, 2.75) is 33.1 Å². The van der Waals surface area contributed by atoms with Gasteiger partial charge >= 0.3 is 5.97 Å². The van der Waals surface area contributed by atoms with Gasteiger partial charge in [-0.15, -0.1) is 11.3 Å². The van der Waals surface area contributed by atoms with Gasteiger partial charge in [0.2, 0.25) is 0 Å². The highest BCUT2D eigenvalue weighted by Gasteiger charge is 2.22. The molecule has 21 heavy (non-hydrogen) atoms. The summed E-state index contributed by atoms with van der Waals surface area (Å²) in [6.45, 7) is 4.72. The zero-order valence-corrected chi connectivity index (χ0v) is 13.3. The standard InChI is InChI=1S/C15H19N3O2S/c1-8-11-13(16-7-6-10-4-5-10)17-9(2)18-14(11)21-12(8)15(19)20-3/h10H,4-7H2,1-3H3,(H,16,17,18). The lowest BCUT2D eigenvalue weighted by atomic mass is 10.2. The molecular weight excluding hydrogens is 286 g/mol. The molecule has 112 valence electrons. The molecule has 2 heterocycles.